The molecular weight excluding hydrogens is 188 g/mol. The predicted molar refractivity (Wildman–Crippen MR) is 61.5 cm³/mol. The van der Waals surface area contributed by atoms with E-state index in [1.165, 1.54) is 0 Å². The third kappa shape index (κ3) is 3.39. The monoisotopic (exact) mass is 206 g/mol. The summed E-state index contributed by atoms with van der Waals surface area (Å²) in [7, 11) is 0. The molecule has 0 heterocycles. The fourth-order valence-corrected chi connectivity index (χ4v) is 1.45. The van der Waals surface area contributed by atoms with Gasteiger partial charge in [-0.2, -0.15) is 0 Å². The van der Waals surface area contributed by atoms with Gasteiger partial charge in [0.25, 0.3) is 0 Å². The summed E-state index contributed by atoms with van der Waals surface area (Å²) in [5, 5.41) is 0. The Morgan fingerprint density at radius 1 is 1.27 bits per heavy atom. The molecule has 2 nitrogen and oxygen atoms in total. The Morgan fingerprint density at radius 2 is 2.00 bits per heavy atom. The molecule has 0 fully saturated rings. The number of hydrogen-bond acceptors (Lipinski definition) is 2. The second-order valence-electron chi connectivity index (χ2n) is 3.46. The maximum absolute atomic E-state index is 11.8. The SMILES string of the molecule is CCCCC(=O)c1ccccc1OCC. The van der Waals surface area contributed by atoms with Crippen molar-refractivity contribution in [2.45, 2.75) is 33.1 Å². The largest absolute Gasteiger partial charge is 0.493 e. The van der Waals surface area contributed by atoms with Gasteiger partial charge in [0.2, 0.25) is 0 Å². The van der Waals surface area contributed by atoms with E-state index in [-0.39, 0.29) is 5.78 Å². The Kier molecular flexibility index (Phi) is 4.88. The Hall–Kier alpha value is -1.31. The van der Waals surface area contributed by atoms with Gasteiger partial charge in [-0.15, -0.1) is 0 Å². The number of benzene rings is 1. The minimum atomic E-state index is 0.181. The summed E-state index contributed by atoms with van der Waals surface area (Å²) in [5.74, 6) is 0.891. The molecule has 0 saturated carbocycles. The van der Waals surface area contributed by atoms with E-state index in [9.17, 15) is 4.79 Å². The summed E-state index contributed by atoms with van der Waals surface area (Å²) < 4.78 is 5.42. The van der Waals surface area contributed by atoms with E-state index in [4.69, 9.17) is 4.74 Å². The highest BCUT2D eigenvalue weighted by Crippen LogP contribution is 2.20. The highest BCUT2D eigenvalue weighted by Gasteiger charge is 2.10. The van der Waals surface area contributed by atoms with Gasteiger partial charge in [-0.25, -0.2) is 0 Å². The van der Waals surface area contributed by atoms with Gasteiger partial charge in [0.05, 0.1) is 12.2 Å². The second-order valence-corrected chi connectivity index (χ2v) is 3.46. The molecule has 0 saturated heterocycles. The number of ether oxygens (including phenoxy) is 1. The minimum absolute atomic E-state index is 0.181. The van der Waals surface area contributed by atoms with Crippen molar-refractivity contribution in [3.63, 3.8) is 0 Å². The van der Waals surface area contributed by atoms with E-state index in [0.717, 1.165) is 12.8 Å². The quantitative estimate of drug-likeness (QED) is 0.666. The number of rotatable bonds is 6. The van der Waals surface area contributed by atoms with Crippen molar-refractivity contribution in [1.29, 1.82) is 0 Å². The van der Waals surface area contributed by atoms with E-state index < -0.39 is 0 Å². The number of ketones is 1. The zero-order chi connectivity index (χ0) is 11.1. The van der Waals surface area contributed by atoms with Crippen molar-refractivity contribution in [3.05, 3.63) is 29.8 Å². The summed E-state index contributed by atoms with van der Waals surface area (Å²) in [5.41, 5.74) is 0.716. The molecule has 0 N–H and O–H groups in total. The third-order valence-corrected chi connectivity index (χ3v) is 2.24. The van der Waals surface area contributed by atoms with Crippen molar-refractivity contribution < 1.29 is 9.53 Å². The van der Waals surface area contributed by atoms with E-state index in [0.29, 0.717) is 24.3 Å². The maximum Gasteiger partial charge on any atom is 0.166 e. The molecule has 2 heteroatoms. The molecule has 0 spiro atoms. The highest BCUT2D eigenvalue weighted by molar-refractivity contribution is 5.98. The van der Waals surface area contributed by atoms with Crippen LogP contribution >= 0.6 is 0 Å². The molecule has 1 aromatic rings. The van der Waals surface area contributed by atoms with Crippen LogP contribution < -0.4 is 4.74 Å². The first-order chi connectivity index (χ1) is 7.29. The molecule has 82 valence electrons. The van der Waals surface area contributed by atoms with Crippen LogP contribution in [-0.4, -0.2) is 12.4 Å². The van der Waals surface area contributed by atoms with Crippen molar-refractivity contribution in [3.8, 4) is 5.75 Å². The molecule has 0 aliphatic heterocycles. The maximum atomic E-state index is 11.8. The van der Waals surface area contributed by atoms with Gasteiger partial charge in [0.15, 0.2) is 5.78 Å². The van der Waals surface area contributed by atoms with Crippen molar-refractivity contribution in [2.75, 3.05) is 6.61 Å². The molecule has 0 atom stereocenters. The first-order valence-electron chi connectivity index (χ1n) is 5.54. The number of unbranched alkanes of at least 4 members (excludes halogenated alkanes) is 1. The number of carbonyl (C=O) groups excluding carboxylic acids is 1. The van der Waals surface area contributed by atoms with Gasteiger partial charge in [-0.1, -0.05) is 25.5 Å². The van der Waals surface area contributed by atoms with Crippen LogP contribution in [0.5, 0.6) is 5.75 Å². The Balaban J connectivity index is 2.77. The van der Waals surface area contributed by atoms with E-state index in [2.05, 4.69) is 6.92 Å². The van der Waals surface area contributed by atoms with Crippen LogP contribution in [0.15, 0.2) is 24.3 Å². The van der Waals surface area contributed by atoms with Gasteiger partial charge >= 0.3 is 0 Å². The van der Waals surface area contributed by atoms with Crippen LogP contribution in [0.25, 0.3) is 0 Å². The Labute approximate surface area is 91.3 Å². The van der Waals surface area contributed by atoms with Gasteiger partial charge in [0.1, 0.15) is 5.75 Å². The Morgan fingerprint density at radius 3 is 2.67 bits per heavy atom. The molecule has 15 heavy (non-hydrogen) atoms. The molecule has 0 amide bonds. The average Bonchev–Trinajstić information content (AvgIpc) is 2.27. The van der Waals surface area contributed by atoms with Crippen molar-refractivity contribution in [1.82, 2.24) is 0 Å². The van der Waals surface area contributed by atoms with Crippen molar-refractivity contribution >= 4 is 5.78 Å². The number of carbonyl (C=O) groups is 1. The van der Waals surface area contributed by atoms with Crippen LogP contribution in [-0.2, 0) is 0 Å². The van der Waals surface area contributed by atoms with Crippen LogP contribution in [0.4, 0.5) is 0 Å². The van der Waals surface area contributed by atoms with E-state index in [1.54, 1.807) is 0 Å². The van der Waals surface area contributed by atoms with E-state index in [1.807, 2.05) is 31.2 Å². The molecule has 1 aromatic carbocycles. The lowest BCUT2D eigenvalue weighted by molar-refractivity contribution is 0.0976. The topological polar surface area (TPSA) is 26.3 Å². The average molecular weight is 206 g/mol. The number of hydrogen-bond donors (Lipinski definition) is 0. The van der Waals surface area contributed by atoms with Crippen LogP contribution in [0.3, 0.4) is 0 Å². The van der Waals surface area contributed by atoms with Gasteiger partial charge in [0, 0.05) is 6.42 Å². The zero-order valence-corrected chi connectivity index (χ0v) is 9.45. The first-order valence-corrected chi connectivity index (χ1v) is 5.54. The zero-order valence-electron chi connectivity index (χ0n) is 9.45. The van der Waals surface area contributed by atoms with Gasteiger partial charge in [-0.05, 0) is 25.5 Å². The molecule has 0 aromatic heterocycles. The van der Waals surface area contributed by atoms with Gasteiger partial charge in [-0.3, -0.25) is 4.79 Å². The lowest BCUT2D eigenvalue weighted by Crippen LogP contribution is -2.03. The predicted octanol–water partition coefficient (Wildman–Crippen LogP) is 3.46. The molecule has 0 bridgehead atoms. The molecule has 0 aliphatic carbocycles. The van der Waals surface area contributed by atoms with Crippen LogP contribution in [0, 0.1) is 0 Å². The fraction of sp³-hybridized carbons (Fsp3) is 0.462. The summed E-state index contributed by atoms with van der Waals surface area (Å²) in [6, 6.07) is 7.45. The lowest BCUT2D eigenvalue weighted by Gasteiger charge is -2.08. The summed E-state index contributed by atoms with van der Waals surface area (Å²) in [4.78, 5) is 11.8. The normalized spacial score (nSPS) is 10.0. The third-order valence-electron chi connectivity index (χ3n) is 2.24. The first kappa shape index (κ1) is 11.8. The molecule has 0 aliphatic rings. The molecule has 1 rings (SSSR count). The summed E-state index contributed by atoms with van der Waals surface area (Å²) in [6.45, 7) is 4.60. The van der Waals surface area contributed by atoms with Gasteiger partial charge < -0.3 is 4.74 Å². The number of para-hydroxylation sites is 1. The molecule has 0 unspecified atom stereocenters. The molecular formula is C13H18O2. The smallest absolute Gasteiger partial charge is 0.166 e. The van der Waals surface area contributed by atoms with E-state index >= 15 is 0 Å². The summed E-state index contributed by atoms with van der Waals surface area (Å²) in [6.07, 6.45) is 2.60. The lowest BCUT2D eigenvalue weighted by atomic mass is 10.0. The fourth-order valence-electron chi connectivity index (χ4n) is 1.45. The molecule has 0 radical (unpaired) electrons. The number of Topliss-reactive ketones (excluding diaryl/α,β-unsaturated/α-hetero) is 1. The Bertz CT molecular complexity index is 318. The van der Waals surface area contributed by atoms with Crippen molar-refractivity contribution in [2.24, 2.45) is 0 Å². The standard InChI is InChI=1S/C13H18O2/c1-3-5-9-12(14)11-8-6-7-10-13(11)15-4-2/h6-8,10H,3-5,9H2,1-2H3. The second kappa shape index (κ2) is 6.23. The van der Waals surface area contributed by atoms with Crippen LogP contribution in [0.1, 0.15) is 43.5 Å². The summed E-state index contributed by atoms with van der Waals surface area (Å²) >= 11 is 0. The minimum Gasteiger partial charge on any atom is -0.493 e. The highest BCUT2D eigenvalue weighted by atomic mass is 16.5. The van der Waals surface area contributed by atoms with Crippen LogP contribution in [0.2, 0.25) is 0 Å².